The Balaban J connectivity index is 1.54. The zero-order valence-electron chi connectivity index (χ0n) is 15.6. The van der Waals surface area contributed by atoms with Crippen molar-refractivity contribution in [1.82, 2.24) is 19.9 Å². The first kappa shape index (κ1) is 18.1. The van der Waals surface area contributed by atoms with E-state index in [9.17, 15) is 4.79 Å². The van der Waals surface area contributed by atoms with Crippen LogP contribution >= 0.6 is 0 Å². The van der Waals surface area contributed by atoms with Gasteiger partial charge in [0.25, 0.3) is 0 Å². The van der Waals surface area contributed by atoms with Crippen molar-refractivity contribution >= 4 is 34.5 Å². The van der Waals surface area contributed by atoms with E-state index in [1.165, 1.54) is 6.33 Å². The lowest BCUT2D eigenvalue weighted by molar-refractivity contribution is -0.142. The number of fused-ring (bicyclic) bond motifs is 1. The van der Waals surface area contributed by atoms with E-state index in [0.29, 0.717) is 35.6 Å². The molecule has 1 fully saturated rings. The molecule has 8 nitrogen and oxygen atoms in total. The second kappa shape index (κ2) is 7.75. The first-order valence-electron chi connectivity index (χ1n) is 9.39. The smallest absolute Gasteiger partial charge is 0.306 e. The number of aryl methyl sites for hydroxylation is 1. The zero-order valence-corrected chi connectivity index (χ0v) is 15.6. The fourth-order valence-electron chi connectivity index (χ4n) is 3.54. The first-order valence-corrected chi connectivity index (χ1v) is 9.39. The molecule has 4 rings (SSSR count). The fourth-order valence-corrected chi connectivity index (χ4v) is 3.54. The number of carboxylic acids is 1. The maximum atomic E-state index is 11.1. The molecule has 0 bridgehead atoms. The number of aromatic nitrogens is 4. The van der Waals surface area contributed by atoms with Gasteiger partial charge in [-0.25, -0.2) is 19.9 Å². The van der Waals surface area contributed by atoms with Gasteiger partial charge in [0.1, 0.15) is 17.4 Å². The van der Waals surface area contributed by atoms with E-state index in [4.69, 9.17) is 5.11 Å². The number of nitrogens with zero attached hydrogens (tertiary/aromatic N) is 4. The van der Waals surface area contributed by atoms with Crippen LogP contribution < -0.4 is 10.6 Å². The topological polar surface area (TPSA) is 113 Å². The first-order chi connectivity index (χ1) is 13.6. The minimum Gasteiger partial charge on any atom is -0.481 e. The summed E-state index contributed by atoms with van der Waals surface area (Å²) in [6.45, 7) is 2.03. The molecule has 1 aromatic carbocycles. The van der Waals surface area contributed by atoms with Crippen LogP contribution in [0.1, 0.15) is 31.2 Å². The number of nitrogens with one attached hydrogen (secondary N) is 2. The van der Waals surface area contributed by atoms with Gasteiger partial charge in [-0.1, -0.05) is 12.1 Å². The molecular weight excluding hydrogens is 356 g/mol. The van der Waals surface area contributed by atoms with Gasteiger partial charge in [0.05, 0.1) is 12.1 Å². The van der Waals surface area contributed by atoms with Gasteiger partial charge in [-0.15, -0.1) is 0 Å². The minimum absolute atomic E-state index is 0.172. The summed E-state index contributed by atoms with van der Waals surface area (Å²) in [6, 6.07) is 8.20. The van der Waals surface area contributed by atoms with Crippen molar-refractivity contribution in [3.05, 3.63) is 42.4 Å². The number of benzene rings is 1. The molecule has 2 heterocycles. The van der Waals surface area contributed by atoms with Gasteiger partial charge in [0.15, 0.2) is 5.82 Å². The molecule has 0 radical (unpaired) electrons. The van der Waals surface area contributed by atoms with Gasteiger partial charge >= 0.3 is 5.97 Å². The molecule has 3 N–H and O–H groups in total. The fraction of sp³-hybridized carbons (Fsp3) is 0.350. The summed E-state index contributed by atoms with van der Waals surface area (Å²) in [5, 5.41) is 15.8. The summed E-state index contributed by atoms with van der Waals surface area (Å²) in [5.74, 6) is 0.183. The van der Waals surface area contributed by atoms with Gasteiger partial charge in [-0.05, 0) is 50.3 Å². The molecule has 1 aliphatic carbocycles. The van der Waals surface area contributed by atoms with Crippen LogP contribution in [0.4, 0.5) is 17.5 Å². The highest BCUT2D eigenvalue weighted by Crippen LogP contribution is 2.27. The third-order valence-electron chi connectivity index (χ3n) is 5.07. The number of hydrogen-bond donors (Lipinski definition) is 3. The van der Waals surface area contributed by atoms with Crippen molar-refractivity contribution < 1.29 is 9.90 Å². The van der Waals surface area contributed by atoms with E-state index in [1.807, 2.05) is 31.2 Å². The number of hydrogen-bond acceptors (Lipinski definition) is 7. The highest BCUT2D eigenvalue weighted by molar-refractivity contribution is 5.87. The number of carbonyl (C=O) groups is 1. The zero-order chi connectivity index (χ0) is 19.5. The number of aliphatic carboxylic acids is 1. The van der Waals surface area contributed by atoms with Crippen LogP contribution in [0.25, 0.3) is 11.0 Å². The highest BCUT2D eigenvalue weighted by Gasteiger charge is 2.26. The van der Waals surface area contributed by atoms with Gasteiger partial charge < -0.3 is 15.7 Å². The number of anilines is 3. The standard InChI is InChI=1S/C20H22N6O2/c1-12-3-2-4-15(9-12)24-18-17-16(22-11-23-18)10-21-20(26-17)25-14-7-5-13(6-8-14)19(27)28/h2-4,9-11,13-14H,5-8H2,1H3,(H,27,28)(H,21,25,26)(H,22,23,24). The summed E-state index contributed by atoms with van der Waals surface area (Å²) < 4.78 is 0. The summed E-state index contributed by atoms with van der Waals surface area (Å²) in [6.07, 6.45) is 6.09. The Morgan fingerprint density at radius 3 is 2.71 bits per heavy atom. The predicted molar refractivity (Wildman–Crippen MR) is 107 cm³/mol. The summed E-state index contributed by atoms with van der Waals surface area (Å²) in [7, 11) is 0. The predicted octanol–water partition coefficient (Wildman–Crippen LogP) is 3.53. The molecule has 0 atom stereocenters. The molecule has 0 amide bonds. The molecule has 144 valence electrons. The Hall–Kier alpha value is -3.29. The van der Waals surface area contributed by atoms with Gasteiger partial charge in [-0.2, -0.15) is 0 Å². The second-order valence-electron chi connectivity index (χ2n) is 7.18. The highest BCUT2D eigenvalue weighted by atomic mass is 16.4. The maximum Gasteiger partial charge on any atom is 0.306 e. The van der Waals surface area contributed by atoms with E-state index in [-0.39, 0.29) is 12.0 Å². The monoisotopic (exact) mass is 378 g/mol. The number of carboxylic acid groups (broad SMARTS) is 1. The lowest BCUT2D eigenvalue weighted by Gasteiger charge is -2.26. The van der Waals surface area contributed by atoms with Crippen LogP contribution in [0.15, 0.2) is 36.8 Å². The van der Waals surface area contributed by atoms with Crippen molar-refractivity contribution in [2.24, 2.45) is 5.92 Å². The minimum atomic E-state index is -0.704. The van der Waals surface area contributed by atoms with Crippen molar-refractivity contribution in [2.45, 2.75) is 38.6 Å². The average Bonchev–Trinajstić information content (AvgIpc) is 2.69. The molecule has 1 aliphatic rings. The molecular formula is C20H22N6O2. The van der Waals surface area contributed by atoms with Crippen LogP contribution in [-0.4, -0.2) is 37.1 Å². The summed E-state index contributed by atoms with van der Waals surface area (Å²) in [4.78, 5) is 28.7. The lowest BCUT2D eigenvalue weighted by Crippen LogP contribution is -2.29. The lowest BCUT2D eigenvalue weighted by atomic mass is 9.86. The molecule has 28 heavy (non-hydrogen) atoms. The van der Waals surface area contributed by atoms with Crippen molar-refractivity contribution in [3.8, 4) is 0 Å². The average molecular weight is 378 g/mol. The molecule has 0 unspecified atom stereocenters. The van der Waals surface area contributed by atoms with E-state index >= 15 is 0 Å². The maximum absolute atomic E-state index is 11.1. The Morgan fingerprint density at radius 2 is 1.96 bits per heavy atom. The van der Waals surface area contributed by atoms with Crippen LogP contribution in [0.2, 0.25) is 0 Å². The van der Waals surface area contributed by atoms with Crippen molar-refractivity contribution in [2.75, 3.05) is 10.6 Å². The molecule has 0 spiro atoms. The van der Waals surface area contributed by atoms with E-state index in [0.717, 1.165) is 24.1 Å². The molecule has 8 heteroatoms. The molecule has 3 aromatic rings. The van der Waals surface area contributed by atoms with Crippen molar-refractivity contribution in [1.29, 1.82) is 0 Å². The Kier molecular flexibility index (Phi) is 5.01. The summed E-state index contributed by atoms with van der Waals surface area (Å²) >= 11 is 0. The normalized spacial score (nSPS) is 19.3. The van der Waals surface area contributed by atoms with E-state index in [1.54, 1.807) is 6.20 Å². The Bertz CT molecular complexity index is 1000. The van der Waals surface area contributed by atoms with E-state index in [2.05, 4.69) is 30.6 Å². The summed E-state index contributed by atoms with van der Waals surface area (Å²) in [5.41, 5.74) is 3.38. The second-order valence-corrected chi connectivity index (χ2v) is 7.18. The largest absolute Gasteiger partial charge is 0.481 e. The Labute approximate surface area is 162 Å². The van der Waals surface area contributed by atoms with Crippen LogP contribution in [0.5, 0.6) is 0 Å². The van der Waals surface area contributed by atoms with Gasteiger partial charge in [-0.3, -0.25) is 4.79 Å². The van der Waals surface area contributed by atoms with Crippen LogP contribution in [0.3, 0.4) is 0 Å². The molecule has 2 aromatic heterocycles. The van der Waals surface area contributed by atoms with Crippen molar-refractivity contribution in [3.63, 3.8) is 0 Å². The number of rotatable bonds is 5. The van der Waals surface area contributed by atoms with Gasteiger partial charge in [0.2, 0.25) is 5.95 Å². The van der Waals surface area contributed by atoms with Crippen LogP contribution in [0, 0.1) is 12.8 Å². The quantitative estimate of drug-likeness (QED) is 0.618. The van der Waals surface area contributed by atoms with Crippen LogP contribution in [-0.2, 0) is 4.79 Å². The van der Waals surface area contributed by atoms with Gasteiger partial charge in [0, 0.05) is 11.7 Å². The molecule has 1 saturated carbocycles. The van der Waals surface area contributed by atoms with E-state index < -0.39 is 5.97 Å². The Morgan fingerprint density at radius 1 is 1.14 bits per heavy atom. The third-order valence-corrected chi connectivity index (χ3v) is 5.07. The SMILES string of the molecule is Cc1cccc(Nc2ncnc3cnc(NC4CCC(C(=O)O)CC4)nc23)c1. The molecule has 0 saturated heterocycles. The molecule has 0 aliphatic heterocycles. The third kappa shape index (κ3) is 4.00.